The number of carboxylic acid groups (broad SMARTS) is 3. The highest BCUT2D eigenvalue weighted by molar-refractivity contribution is 5.67. The first-order chi connectivity index (χ1) is 18.3. The maximum absolute atomic E-state index is 11.1. The lowest BCUT2D eigenvalue weighted by molar-refractivity contribution is -0.927. The van der Waals surface area contributed by atoms with Crippen molar-refractivity contribution in [2.45, 2.75) is 155 Å². The van der Waals surface area contributed by atoms with Crippen molar-refractivity contribution < 1.29 is 34.2 Å². The van der Waals surface area contributed by atoms with Gasteiger partial charge in [-0.2, -0.15) is 0 Å². The number of rotatable bonds is 30. The van der Waals surface area contributed by atoms with Gasteiger partial charge in [-0.1, -0.05) is 122 Å². The molecule has 0 aromatic heterocycles. The molecule has 0 unspecified atom stereocenters. The number of nitrogens with zero attached hydrogens (tertiary/aromatic N) is 1. The van der Waals surface area contributed by atoms with Gasteiger partial charge in [0.1, 0.15) is 0 Å². The van der Waals surface area contributed by atoms with Gasteiger partial charge in [0.15, 0.2) is 0 Å². The van der Waals surface area contributed by atoms with Gasteiger partial charge in [0.2, 0.25) is 0 Å². The van der Waals surface area contributed by atoms with Crippen LogP contribution in [-0.4, -0.2) is 63.9 Å². The minimum atomic E-state index is -0.929. The minimum absolute atomic E-state index is 0.0710. The van der Waals surface area contributed by atoms with E-state index in [0.717, 1.165) is 19.3 Å². The fourth-order valence-corrected chi connectivity index (χ4v) is 5.37. The van der Waals surface area contributed by atoms with E-state index in [1.165, 1.54) is 109 Å². The molecular weight excluding hydrogens is 482 g/mol. The van der Waals surface area contributed by atoms with Gasteiger partial charge in [0, 0.05) is 0 Å². The van der Waals surface area contributed by atoms with Crippen LogP contribution in [0.3, 0.4) is 0 Å². The minimum Gasteiger partial charge on any atom is -0.481 e. The van der Waals surface area contributed by atoms with Crippen LogP contribution in [0, 0.1) is 0 Å². The van der Waals surface area contributed by atoms with Gasteiger partial charge in [-0.3, -0.25) is 14.4 Å². The first-order valence-electron chi connectivity index (χ1n) is 15.8. The third-order valence-corrected chi connectivity index (χ3v) is 7.89. The van der Waals surface area contributed by atoms with Crippen molar-refractivity contribution >= 4 is 17.9 Å². The van der Waals surface area contributed by atoms with Crippen LogP contribution in [0.25, 0.3) is 0 Å². The van der Waals surface area contributed by atoms with E-state index >= 15 is 0 Å². The first kappa shape index (κ1) is 36.4. The van der Waals surface area contributed by atoms with Gasteiger partial charge in [-0.15, -0.1) is 0 Å². The summed E-state index contributed by atoms with van der Waals surface area (Å²) in [4.78, 5) is 33.4. The maximum atomic E-state index is 11.1. The monoisotopic (exact) mass is 542 g/mol. The lowest BCUT2D eigenvalue weighted by atomic mass is 10.0. The average Bonchev–Trinajstić information content (AvgIpc) is 2.88. The Hall–Kier alpha value is -1.63. The highest BCUT2D eigenvalue weighted by atomic mass is 16.4. The Morgan fingerprint density at radius 1 is 0.395 bits per heavy atom. The van der Waals surface area contributed by atoms with Crippen LogP contribution >= 0.6 is 0 Å². The average molecular weight is 543 g/mol. The van der Waals surface area contributed by atoms with Gasteiger partial charge in [-0.05, 0) is 12.8 Å². The lowest BCUT2D eigenvalue weighted by Gasteiger charge is -2.38. The number of quaternary nitrogens is 1. The van der Waals surface area contributed by atoms with Gasteiger partial charge in [-0.25, -0.2) is 0 Å². The third-order valence-electron chi connectivity index (χ3n) is 7.89. The number of hydrogen-bond donors (Lipinski definition) is 3. The molecule has 0 saturated heterocycles. The van der Waals surface area contributed by atoms with E-state index in [1.54, 1.807) is 0 Å². The molecule has 0 fully saturated rings. The van der Waals surface area contributed by atoms with Crippen molar-refractivity contribution in [3.8, 4) is 0 Å². The van der Waals surface area contributed by atoms with E-state index < -0.39 is 17.9 Å². The molecule has 3 N–H and O–H groups in total. The largest absolute Gasteiger partial charge is 0.481 e. The highest BCUT2D eigenvalue weighted by Gasteiger charge is 2.29. The molecule has 0 atom stereocenters. The SMILES string of the molecule is CCCCCCCCCCCCCCCCCCCCCC[N+](CCC(=O)O)(CCC(=O)O)CCC(=O)O. The molecule has 0 aliphatic carbocycles. The molecule has 0 spiro atoms. The normalized spacial score (nSPS) is 11.6. The van der Waals surface area contributed by atoms with E-state index in [-0.39, 0.29) is 43.4 Å². The molecule has 0 aliphatic rings. The molecule has 0 saturated carbocycles. The van der Waals surface area contributed by atoms with Gasteiger partial charge in [0.05, 0.1) is 45.4 Å². The topological polar surface area (TPSA) is 112 Å². The molecule has 0 bridgehead atoms. The molecule has 0 amide bonds. The van der Waals surface area contributed by atoms with Crippen LogP contribution in [0.2, 0.25) is 0 Å². The predicted octanol–water partition coefficient (Wildman–Crippen LogP) is 8.05. The van der Waals surface area contributed by atoms with Crippen molar-refractivity contribution in [2.75, 3.05) is 26.2 Å². The Labute approximate surface area is 233 Å². The summed E-state index contributed by atoms with van der Waals surface area (Å²) in [7, 11) is 0. The van der Waals surface area contributed by atoms with Crippen LogP contribution in [0.15, 0.2) is 0 Å². The van der Waals surface area contributed by atoms with Crippen molar-refractivity contribution in [1.82, 2.24) is 0 Å². The summed E-state index contributed by atoms with van der Waals surface area (Å²) < 4.78 is 0.268. The summed E-state index contributed by atoms with van der Waals surface area (Å²) in [6, 6.07) is 0. The summed E-state index contributed by atoms with van der Waals surface area (Å²) >= 11 is 0. The van der Waals surface area contributed by atoms with E-state index in [0.29, 0.717) is 6.54 Å². The molecule has 0 aromatic carbocycles. The van der Waals surface area contributed by atoms with Crippen molar-refractivity contribution in [2.24, 2.45) is 0 Å². The fourth-order valence-electron chi connectivity index (χ4n) is 5.37. The van der Waals surface area contributed by atoms with Gasteiger partial charge in [0.25, 0.3) is 0 Å². The Morgan fingerprint density at radius 2 is 0.632 bits per heavy atom. The summed E-state index contributed by atoms with van der Waals surface area (Å²) in [6.45, 7) is 3.78. The standard InChI is InChI=1S/C31H59NO6/c1-2-3-4-5-6-7-8-9-10-11-12-13-14-15-16-17-18-19-20-21-25-32(26-22-29(33)34,27-23-30(35)36)28-24-31(37)38/h2-28H2,1H3,(H2-,33,34,35,36,37,38)/p+1. The second-order valence-electron chi connectivity index (χ2n) is 11.4. The number of carbonyl (C=O) groups is 3. The summed E-state index contributed by atoms with van der Waals surface area (Å²) in [5.41, 5.74) is 0. The number of aliphatic carboxylic acids is 3. The second-order valence-corrected chi connectivity index (χ2v) is 11.4. The van der Waals surface area contributed by atoms with Crippen molar-refractivity contribution in [3.63, 3.8) is 0 Å². The molecular formula is C31H60NO6+. The van der Waals surface area contributed by atoms with E-state index in [9.17, 15) is 14.4 Å². The fraction of sp³-hybridized carbons (Fsp3) is 0.903. The number of hydrogen-bond acceptors (Lipinski definition) is 3. The van der Waals surface area contributed by atoms with E-state index in [1.807, 2.05) is 0 Å². The molecule has 38 heavy (non-hydrogen) atoms. The van der Waals surface area contributed by atoms with Crippen LogP contribution in [-0.2, 0) is 14.4 Å². The molecule has 0 rings (SSSR count). The molecule has 0 radical (unpaired) electrons. The van der Waals surface area contributed by atoms with Gasteiger partial charge >= 0.3 is 17.9 Å². The van der Waals surface area contributed by atoms with Crippen LogP contribution in [0.5, 0.6) is 0 Å². The zero-order valence-corrected chi connectivity index (χ0v) is 24.6. The molecule has 0 heterocycles. The molecule has 7 heteroatoms. The summed E-state index contributed by atoms with van der Waals surface area (Å²) in [6.07, 6.45) is 25.9. The summed E-state index contributed by atoms with van der Waals surface area (Å²) in [5, 5.41) is 27.4. The lowest BCUT2D eigenvalue weighted by Crippen LogP contribution is -2.52. The first-order valence-corrected chi connectivity index (χ1v) is 15.8. The Bertz CT molecular complexity index is 549. The van der Waals surface area contributed by atoms with Crippen molar-refractivity contribution in [1.29, 1.82) is 0 Å². The maximum Gasteiger partial charge on any atom is 0.309 e. The molecule has 0 aromatic rings. The zero-order valence-electron chi connectivity index (χ0n) is 24.6. The zero-order chi connectivity index (χ0) is 28.3. The van der Waals surface area contributed by atoms with Crippen LogP contribution < -0.4 is 0 Å². The Morgan fingerprint density at radius 3 is 0.868 bits per heavy atom. The summed E-state index contributed by atoms with van der Waals surface area (Å²) in [5.74, 6) is -2.79. The quantitative estimate of drug-likeness (QED) is 0.0625. The Kier molecular flexibility index (Phi) is 24.5. The van der Waals surface area contributed by atoms with Crippen molar-refractivity contribution in [3.05, 3.63) is 0 Å². The second kappa shape index (κ2) is 25.6. The third kappa shape index (κ3) is 24.7. The van der Waals surface area contributed by atoms with Gasteiger partial charge < -0.3 is 19.8 Å². The van der Waals surface area contributed by atoms with Crippen LogP contribution in [0.4, 0.5) is 0 Å². The van der Waals surface area contributed by atoms with Crippen LogP contribution in [0.1, 0.15) is 155 Å². The van der Waals surface area contributed by atoms with E-state index in [4.69, 9.17) is 15.3 Å². The Balaban J connectivity index is 3.85. The molecule has 224 valence electrons. The van der Waals surface area contributed by atoms with E-state index in [2.05, 4.69) is 6.92 Å². The molecule has 0 aliphatic heterocycles. The predicted molar refractivity (Wildman–Crippen MR) is 155 cm³/mol. The number of carboxylic acids is 3. The molecule has 7 nitrogen and oxygen atoms in total. The number of unbranched alkanes of at least 4 members (excludes halogenated alkanes) is 19. The smallest absolute Gasteiger partial charge is 0.309 e. The highest BCUT2D eigenvalue weighted by Crippen LogP contribution is 2.18.